The summed E-state index contributed by atoms with van der Waals surface area (Å²) in [7, 11) is 0. The average Bonchev–Trinajstić information content (AvgIpc) is 2.81. The van der Waals surface area contributed by atoms with E-state index < -0.39 is 0 Å². The van der Waals surface area contributed by atoms with E-state index in [0.29, 0.717) is 0 Å². The molecule has 1 N–H and O–H groups in total. The lowest BCUT2D eigenvalue weighted by atomic mass is 10.0. The molecule has 0 radical (unpaired) electrons. The number of hydrogen-bond donors (Lipinski definition) is 1. The van der Waals surface area contributed by atoms with Gasteiger partial charge in [0.15, 0.2) is 0 Å². The fourth-order valence-corrected chi connectivity index (χ4v) is 3.06. The number of rotatable bonds is 5. The molecule has 28 heavy (non-hydrogen) atoms. The Morgan fingerprint density at radius 2 is 0.857 bits per heavy atom. The highest BCUT2D eigenvalue weighted by Gasteiger charge is 2.00. The Morgan fingerprint density at radius 3 is 1.32 bits per heavy atom. The van der Waals surface area contributed by atoms with Gasteiger partial charge in [-0.15, -0.1) is 0 Å². The first-order chi connectivity index (χ1) is 13.9. The van der Waals surface area contributed by atoms with Crippen LogP contribution in [0.2, 0.25) is 0 Å². The van der Waals surface area contributed by atoms with Crippen molar-refractivity contribution in [1.82, 2.24) is 0 Å². The molecule has 0 amide bonds. The van der Waals surface area contributed by atoms with Crippen LogP contribution in [0.5, 0.6) is 0 Å². The second-order valence-electron chi connectivity index (χ2n) is 6.36. The molecule has 0 aliphatic heterocycles. The molecule has 0 unspecified atom stereocenters. The summed E-state index contributed by atoms with van der Waals surface area (Å²) < 4.78 is 0. The quantitative estimate of drug-likeness (QED) is 0.383. The Bertz CT molecular complexity index is 858. The first-order valence-electron chi connectivity index (χ1n) is 9.92. The van der Waals surface area contributed by atoms with Crippen LogP contribution in [0.1, 0.15) is 19.4 Å². The Labute approximate surface area is 168 Å². The lowest BCUT2D eigenvalue weighted by molar-refractivity contribution is 1.15. The molecule has 0 saturated heterocycles. The minimum atomic E-state index is 0.819. The molecule has 0 bridgehead atoms. The number of nitrogens with one attached hydrogen (secondary N) is 1. The lowest BCUT2D eigenvalue weighted by Gasteiger charge is -2.09. The van der Waals surface area contributed by atoms with Crippen molar-refractivity contribution >= 4 is 5.69 Å². The molecule has 0 fully saturated rings. The van der Waals surface area contributed by atoms with Gasteiger partial charge in [0.1, 0.15) is 0 Å². The summed E-state index contributed by atoms with van der Waals surface area (Å²) in [6.45, 7) is 4.82. The normalized spacial score (nSPS) is 9.93. The summed E-state index contributed by atoms with van der Waals surface area (Å²) >= 11 is 0. The van der Waals surface area contributed by atoms with Gasteiger partial charge in [-0.1, -0.05) is 111 Å². The predicted octanol–water partition coefficient (Wildman–Crippen LogP) is 7.66. The molecule has 4 aromatic carbocycles. The van der Waals surface area contributed by atoms with E-state index >= 15 is 0 Å². The Balaban J connectivity index is 0.00000109. The summed E-state index contributed by atoms with van der Waals surface area (Å²) in [5.74, 6) is 0. The third kappa shape index (κ3) is 5.11. The van der Waals surface area contributed by atoms with Crippen LogP contribution in [0.25, 0.3) is 22.3 Å². The molecule has 4 rings (SSSR count). The van der Waals surface area contributed by atoms with Crippen LogP contribution < -0.4 is 5.32 Å². The smallest absolute Gasteiger partial charge is 0.0400 e. The first-order valence-corrected chi connectivity index (χ1v) is 9.92. The molecule has 1 heteroatoms. The van der Waals surface area contributed by atoms with Crippen molar-refractivity contribution in [2.24, 2.45) is 0 Å². The van der Waals surface area contributed by atoms with Gasteiger partial charge >= 0.3 is 0 Å². The Hall–Kier alpha value is -3.32. The van der Waals surface area contributed by atoms with Gasteiger partial charge in [0, 0.05) is 12.2 Å². The van der Waals surface area contributed by atoms with E-state index in [1.807, 2.05) is 26.0 Å². The van der Waals surface area contributed by atoms with Gasteiger partial charge in [0.2, 0.25) is 0 Å². The molecule has 4 aromatic rings. The summed E-state index contributed by atoms with van der Waals surface area (Å²) in [6.07, 6.45) is 0. The van der Waals surface area contributed by atoms with Gasteiger partial charge in [-0.2, -0.15) is 0 Å². The molecular formula is C27H27N. The zero-order valence-corrected chi connectivity index (χ0v) is 16.6. The van der Waals surface area contributed by atoms with Gasteiger partial charge in [-0.25, -0.2) is 0 Å². The maximum atomic E-state index is 3.50. The van der Waals surface area contributed by atoms with E-state index in [0.717, 1.165) is 12.2 Å². The second kappa shape index (κ2) is 10.1. The number of benzene rings is 4. The van der Waals surface area contributed by atoms with Crippen molar-refractivity contribution in [3.05, 3.63) is 115 Å². The van der Waals surface area contributed by atoms with Crippen LogP contribution >= 0.6 is 0 Å². The predicted molar refractivity (Wildman–Crippen MR) is 122 cm³/mol. The Kier molecular flexibility index (Phi) is 7.03. The molecular weight excluding hydrogens is 338 g/mol. The molecule has 0 saturated carbocycles. The highest BCUT2D eigenvalue weighted by atomic mass is 14.9. The van der Waals surface area contributed by atoms with Crippen molar-refractivity contribution in [2.45, 2.75) is 20.4 Å². The number of anilines is 1. The van der Waals surface area contributed by atoms with Crippen LogP contribution in [-0.2, 0) is 6.54 Å². The minimum absolute atomic E-state index is 0.819. The first kappa shape index (κ1) is 19.4. The second-order valence-corrected chi connectivity index (χ2v) is 6.36. The van der Waals surface area contributed by atoms with E-state index in [2.05, 4.69) is 102 Å². The summed E-state index contributed by atoms with van der Waals surface area (Å²) in [4.78, 5) is 0. The van der Waals surface area contributed by atoms with Crippen molar-refractivity contribution in [3.8, 4) is 22.3 Å². The molecule has 0 aliphatic rings. The largest absolute Gasteiger partial charge is 0.381 e. The van der Waals surface area contributed by atoms with E-state index in [1.165, 1.54) is 27.8 Å². The molecule has 0 heterocycles. The average molecular weight is 366 g/mol. The fourth-order valence-electron chi connectivity index (χ4n) is 3.06. The molecule has 0 aliphatic carbocycles. The van der Waals surface area contributed by atoms with Gasteiger partial charge < -0.3 is 5.32 Å². The van der Waals surface area contributed by atoms with Crippen molar-refractivity contribution in [1.29, 1.82) is 0 Å². The zero-order chi connectivity index (χ0) is 19.6. The summed E-state index contributed by atoms with van der Waals surface area (Å²) in [5, 5.41) is 3.50. The third-order valence-corrected chi connectivity index (χ3v) is 4.55. The van der Waals surface area contributed by atoms with E-state index in [1.54, 1.807) is 0 Å². The van der Waals surface area contributed by atoms with Crippen LogP contribution in [0, 0.1) is 0 Å². The van der Waals surface area contributed by atoms with E-state index in [4.69, 9.17) is 0 Å². The van der Waals surface area contributed by atoms with Crippen LogP contribution in [0.4, 0.5) is 5.69 Å². The topological polar surface area (TPSA) is 12.0 Å². The highest BCUT2D eigenvalue weighted by molar-refractivity contribution is 5.66. The minimum Gasteiger partial charge on any atom is -0.381 e. The maximum Gasteiger partial charge on any atom is 0.0400 e. The van der Waals surface area contributed by atoms with Crippen molar-refractivity contribution < 1.29 is 0 Å². The van der Waals surface area contributed by atoms with Crippen LogP contribution in [-0.4, -0.2) is 0 Å². The lowest BCUT2D eigenvalue weighted by Crippen LogP contribution is -1.99. The van der Waals surface area contributed by atoms with Gasteiger partial charge in [-0.05, 0) is 39.9 Å². The van der Waals surface area contributed by atoms with Crippen LogP contribution in [0.3, 0.4) is 0 Å². The van der Waals surface area contributed by atoms with Crippen molar-refractivity contribution in [3.63, 3.8) is 0 Å². The highest BCUT2D eigenvalue weighted by Crippen LogP contribution is 2.22. The molecule has 0 spiro atoms. The molecule has 140 valence electrons. The fraction of sp³-hybridized carbons (Fsp3) is 0.111. The standard InChI is InChI=1S/C25H21N.C2H6/c1-3-7-21(8-4-1)23-13-11-20(12-14-23)19-26-25-17-15-24(16-18-25)22-9-5-2-6-10-22;1-2/h1-18,26H,19H2;1-2H3. The van der Waals surface area contributed by atoms with Crippen LogP contribution in [0.15, 0.2) is 109 Å². The monoisotopic (exact) mass is 365 g/mol. The third-order valence-electron chi connectivity index (χ3n) is 4.55. The molecule has 1 nitrogen and oxygen atoms in total. The zero-order valence-electron chi connectivity index (χ0n) is 16.6. The van der Waals surface area contributed by atoms with Crippen molar-refractivity contribution in [2.75, 3.05) is 5.32 Å². The number of hydrogen-bond acceptors (Lipinski definition) is 1. The van der Waals surface area contributed by atoms with Gasteiger partial charge in [-0.3, -0.25) is 0 Å². The maximum absolute atomic E-state index is 3.50. The summed E-state index contributed by atoms with van der Waals surface area (Å²) in [5.41, 5.74) is 7.40. The van der Waals surface area contributed by atoms with Gasteiger partial charge in [0.05, 0.1) is 0 Å². The molecule has 0 atom stereocenters. The van der Waals surface area contributed by atoms with E-state index in [9.17, 15) is 0 Å². The SMILES string of the molecule is CC.c1ccc(-c2ccc(CNc3ccc(-c4ccccc4)cc3)cc2)cc1. The van der Waals surface area contributed by atoms with Gasteiger partial charge in [0.25, 0.3) is 0 Å². The summed E-state index contributed by atoms with van der Waals surface area (Å²) in [6, 6.07) is 38.3. The van der Waals surface area contributed by atoms with E-state index in [-0.39, 0.29) is 0 Å². The Morgan fingerprint density at radius 1 is 0.464 bits per heavy atom. The molecule has 0 aromatic heterocycles.